The predicted molar refractivity (Wildman–Crippen MR) is 61.2 cm³/mol. The first-order chi connectivity index (χ1) is 7.34. The summed E-state index contributed by atoms with van der Waals surface area (Å²) in [4.78, 5) is 13.4. The molecule has 1 atom stereocenters. The van der Waals surface area contributed by atoms with E-state index in [9.17, 15) is 4.79 Å². The van der Waals surface area contributed by atoms with Crippen LogP contribution in [0.15, 0.2) is 11.4 Å². The quantitative estimate of drug-likeness (QED) is 0.816. The second kappa shape index (κ2) is 3.63. The summed E-state index contributed by atoms with van der Waals surface area (Å²) < 4.78 is 0. The number of carbonyl (C=O) groups is 1. The molecule has 0 aliphatic heterocycles. The number of carbonyl (C=O) groups excluding carboxylic acids is 1. The summed E-state index contributed by atoms with van der Waals surface area (Å²) >= 11 is 1.80. The van der Waals surface area contributed by atoms with Crippen molar-refractivity contribution in [1.82, 2.24) is 5.32 Å². The van der Waals surface area contributed by atoms with Crippen molar-refractivity contribution in [2.24, 2.45) is 0 Å². The minimum atomic E-state index is 0.139. The van der Waals surface area contributed by atoms with Gasteiger partial charge in [-0.05, 0) is 49.1 Å². The third kappa shape index (κ3) is 1.81. The molecule has 3 rings (SSSR count). The molecule has 80 valence electrons. The minimum Gasteiger partial charge on any atom is -0.353 e. The van der Waals surface area contributed by atoms with Gasteiger partial charge in [-0.1, -0.05) is 0 Å². The lowest BCUT2D eigenvalue weighted by Crippen LogP contribution is -2.32. The van der Waals surface area contributed by atoms with Crippen molar-refractivity contribution in [3.05, 3.63) is 21.9 Å². The molecule has 2 aliphatic rings. The summed E-state index contributed by atoms with van der Waals surface area (Å²) in [6, 6.07) is 2.62. The summed E-state index contributed by atoms with van der Waals surface area (Å²) in [6.45, 7) is 0. The smallest absolute Gasteiger partial charge is 0.227 e. The third-order valence-electron chi connectivity index (χ3n) is 3.29. The van der Waals surface area contributed by atoms with E-state index in [1.165, 1.54) is 29.7 Å². The highest BCUT2D eigenvalue weighted by atomic mass is 32.1. The van der Waals surface area contributed by atoms with Crippen LogP contribution in [-0.4, -0.2) is 11.9 Å². The summed E-state index contributed by atoms with van der Waals surface area (Å²) in [5, 5.41) is 5.24. The lowest BCUT2D eigenvalue weighted by molar-refractivity contribution is -0.123. The van der Waals surface area contributed by atoms with E-state index in [-0.39, 0.29) is 11.8 Å². The molecule has 1 fully saturated rings. The van der Waals surface area contributed by atoms with Gasteiger partial charge in [0.05, 0.1) is 5.92 Å². The summed E-state index contributed by atoms with van der Waals surface area (Å²) in [6.07, 6.45) is 5.71. The Labute approximate surface area is 93.7 Å². The number of nitrogens with one attached hydrogen (secondary N) is 1. The van der Waals surface area contributed by atoms with E-state index in [1.807, 2.05) is 0 Å². The lowest BCUT2D eigenvalue weighted by atomic mass is 9.87. The highest BCUT2D eigenvalue weighted by molar-refractivity contribution is 7.10. The van der Waals surface area contributed by atoms with Crippen LogP contribution in [0.1, 0.15) is 42.0 Å². The Balaban J connectivity index is 1.79. The van der Waals surface area contributed by atoms with Gasteiger partial charge < -0.3 is 5.32 Å². The molecule has 1 unspecified atom stereocenters. The van der Waals surface area contributed by atoms with Crippen LogP contribution in [0.5, 0.6) is 0 Å². The Bertz CT molecular complexity index is 381. The molecule has 1 amide bonds. The van der Waals surface area contributed by atoms with E-state index in [2.05, 4.69) is 16.8 Å². The Kier molecular flexibility index (Phi) is 2.28. The van der Waals surface area contributed by atoms with Crippen molar-refractivity contribution in [3.63, 3.8) is 0 Å². The molecule has 0 bridgehead atoms. The Morgan fingerprint density at radius 1 is 1.40 bits per heavy atom. The zero-order chi connectivity index (χ0) is 10.3. The summed E-state index contributed by atoms with van der Waals surface area (Å²) in [7, 11) is 0. The van der Waals surface area contributed by atoms with Crippen molar-refractivity contribution in [2.75, 3.05) is 0 Å². The fourth-order valence-corrected chi connectivity index (χ4v) is 3.28. The van der Waals surface area contributed by atoms with Crippen molar-refractivity contribution in [2.45, 2.75) is 44.1 Å². The van der Waals surface area contributed by atoms with Crippen LogP contribution in [0.25, 0.3) is 0 Å². The fourth-order valence-electron chi connectivity index (χ4n) is 2.29. The molecule has 0 radical (unpaired) electrons. The van der Waals surface area contributed by atoms with Gasteiger partial charge in [0, 0.05) is 10.9 Å². The van der Waals surface area contributed by atoms with Crippen molar-refractivity contribution in [3.8, 4) is 0 Å². The van der Waals surface area contributed by atoms with Gasteiger partial charge in [0.15, 0.2) is 0 Å². The van der Waals surface area contributed by atoms with E-state index in [1.54, 1.807) is 11.3 Å². The molecule has 0 spiro atoms. The zero-order valence-electron chi connectivity index (χ0n) is 8.66. The molecule has 0 saturated heterocycles. The second-order valence-corrected chi connectivity index (χ2v) is 5.53. The third-order valence-corrected chi connectivity index (χ3v) is 4.29. The molecular formula is C12H15NOS. The topological polar surface area (TPSA) is 29.1 Å². The van der Waals surface area contributed by atoms with Gasteiger partial charge in [0.1, 0.15) is 0 Å². The van der Waals surface area contributed by atoms with Crippen LogP contribution in [-0.2, 0) is 11.2 Å². The molecule has 3 heteroatoms. The van der Waals surface area contributed by atoms with E-state index < -0.39 is 0 Å². The number of rotatable bonds is 2. The van der Waals surface area contributed by atoms with Crippen molar-refractivity contribution in [1.29, 1.82) is 0 Å². The van der Waals surface area contributed by atoms with E-state index in [4.69, 9.17) is 0 Å². The van der Waals surface area contributed by atoms with Crippen LogP contribution < -0.4 is 5.32 Å². The highest BCUT2D eigenvalue weighted by Gasteiger charge is 2.31. The van der Waals surface area contributed by atoms with Gasteiger partial charge >= 0.3 is 0 Å². The summed E-state index contributed by atoms with van der Waals surface area (Å²) in [5.74, 6) is 0.400. The van der Waals surface area contributed by atoms with Crippen molar-refractivity contribution < 1.29 is 4.79 Å². The SMILES string of the molecule is O=C(NC1CC1)C1CCCc2sccc21. The molecule has 1 aromatic rings. The minimum absolute atomic E-state index is 0.139. The average molecular weight is 221 g/mol. The van der Waals surface area contributed by atoms with E-state index in [0.717, 1.165) is 12.8 Å². The van der Waals surface area contributed by atoms with Gasteiger partial charge in [-0.15, -0.1) is 11.3 Å². The van der Waals surface area contributed by atoms with E-state index in [0.29, 0.717) is 6.04 Å². The maximum Gasteiger partial charge on any atom is 0.227 e. The first kappa shape index (κ1) is 9.40. The van der Waals surface area contributed by atoms with Crippen LogP contribution in [0, 0.1) is 0 Å². The Morgan fingerprint density at radius 3 is 3.07 bits per heavy atom. The van der Waals surface area contributed by atoms with Crippen LogP contribution in [0.4, 0.5) is 0 Å². The van der Waals surface area contributed by atoms with Gasteiger partial charge in [-0.3, -0.25) is 4.79 Å². The number of fused-ring (bicyclic) bond motifs is 1. The predicted octanol–water partition coefficient (Wildman–Crippen LogP) is 2.45. The molecule has 1 heterocycles. The number of thiophene rings is 1. The molecular weight excluding hydrogens is 206 g/mol. The van der Waals surface area contributed by atoms with Gasteiger partial charge in [0.25, 0.3) is 0 Å². The number of hydrogen-bond donors (Lipinski definition) is 1. The highest BCUT2D eigenvalue weighted by Crippen LogP contribution is 2.35. The maximum atomic E-state index is 12.0. The zero-order valence-corrected chi connectivity index (χ0v) is 9.48. The van der Waals surface area contributed by atoms with E-state index >= 15 is 0 Å². The van der Waals surface area contributed by atoms with Gasteiger partial charge in [0.2, 0.25) is 5.91 Å². The number of amides is 1. The fraction of sp³-hybridized carbons (Fsp3) is 0.583. The normalized spacial score (nSPS) is 24.7. The summed E-state index contributed by atoms with van der Waals surface area (Å²) in [5.41, 5.74) is 1.30. The van der Waals surface area contributed by atoms with Crippen LogP contribution in [0.2, 0.25) is 0 Å². The van der Waals surface area contributed by atoms with Crippen LogP contribution in [0.3, 0.4) is 0 Å². The molecule has 1 aromatic heterocycles. The molecule has 15 heavy (non-hydrogen) atoms. The van der Waals surface area contributed by atoms with Crippen molar-refractivity contribution >= 4 is 17.2 Å². The molecule has 2 nitrogen and oxygen atoms in total. The molecule has 0 aromatic carbocycles. The first-order valence-electron chi connectivity index (χ1n) is 5.71. The number of aryl methyl sites for hydroxylation is 1. The second-order valence-electron chi connectivity index (χ2n) is 4.53. The molecule has 2 aliphatic carbocycles. The van der Waals surface area contributed by atoms with Crippen LogP contribution >= 0.6 is 11.3 Å². The van der Waals surface area contributed by atoms with Gasteiger partial charge in [-0.2, -0.15) is 0 Å². The maximum absolute atomic E-state index is 12.0. The monoisotopic (exact) mass is 221 g/mol. The number of hydrogen-bond acceptors (Lipinski definition) is 2. The molecule has 1 N–H and O–H groups in total. The average Bonchev–Trinajstić information content (AvgIpc) is 2.93. The standard InChI is InChI=1S/C12H15NOS/c14-12(13-8-4-5-8)10-2-1-3-11-9(10)6-7-15-11/h6-8,10H,1-5H2,(H,13,14). The Hall–Kier alpha value is -0.830. The molecule has 1 saturated carbocycles. The lowest BCUT2D eigenvalue weighted by Gasteiger charge is -2.21. The first-order valence-corrected chi connectivity index (χ1v) is 6.59. The Morgan fingerprint density at radius 2 is 2.27 bits per heavy atom. The van der Waals surface area contributed by atoms with Gasteiger partial charge in [-0.25, -0.2) is 0 Å². The largest absolute Gasteiger partial charge is 0.353 e.